The molecule has 1 saturated heterocycles. The molecule has 1 aliphatic rings. The van der Waals surface area contributed by atoms with E-state index in [0.717, 1.165) is 12.0 Å². The third kappa shape index (κ3) is 8.19. The monoisotopic (exact) mass is 431 g/mol. The number of carbonyl (C=O) groups is 5. The van der Waals surface area contributed by atoms with Crippen LogP contribution >= 0.6 is 0 Å². The van der Waals surface area contributed by atoms with Crippen molar-refractivity contribution in [3.05, 3.63) is 29.8 Å². The Bertz CT molecular complexity index is 808. The molecule has 0 aromatic heterocycles. The van der Waals surface area contributed by atoms with Crippen LogP contribution in [0.3, 0.4) is 0 Å². The van der Waals surface area contributed by atoms with Gasteiger partial charge in [-0.2, -0.15) is 0 Å². The number of nitrogens with zero attached hydrogens (tertiary/aromatic N) is 1. The van der Waals surface area contributed by atoms with Crippen LogP contribution in [0.2, 0.25) is 0 Å². The van der Waals surface area contributed by atoms with E-state index in [2.05, 4.69) is 10.6 Å². The van der Waals surface area contributed by atoms with Crippen LogP contribution in [-0.2, 0) is 30.4 Å². The number of rotatable bonds is 10. The summed E-state index contributed by atoms with van der Waals surface area (Å²) in [6.45, 7) is 1.47. The Morgan fingerprint density at radius 1 is 1.19 bits per heavy atom. The van der Waals surface area contributed by atoms with Crippen LogP contribution in [0.15, 0.2) is 24.3 Å². The highest BCUT2D eigenvalue weighted by Crippen LogP contribution is 2.14. The minimum atomic E-state index is -0.914. The van der Waals surface area contributed by atoms with Crippen molar-refractivity contribution in [1.29, 1.82) is 0 Å². The average Bonchev–Trinajstić information content (AvgIpc) is 2.88. The Kier molecular flexibility index (Phi) is 9.17. The number of nitrogens with one attached hydrogen (secondary N) is 2. The number of hydrogen-bond acceptors (Lipinski definition) is 6. The molecule has 1 unspecified atom stereocenters. The van der Waals surface area contributed by atoms with Gasteiger partial charge in [-0.25, -0.2) is 0 Å². The Morgan fingerprint density at radius 3 is 2.55 bits per heavy atom. The summed E-state index contributed by atoms with van der Waals surface area (Å²) in [5.41, 5.74) is 0.897. The van der Waals surface area contributed by atoms with E-state index < -0.39 is 18.0 Å². The molecular formula is C22H29N3O6. The Morgan fingerprint density at radius 2 is 1.90 bits per heavy atom. The number of phenolic OH excluding ortho intramolecular Hbond substituents is 1. The van der Waals surface area contributed by atoms with Gasteiger partial charge in [0.2, 0.25) is 17.7 Å². The summed E-state index contributed by atoms with van der Waals surface area (Å²) < 4.78 is 0. The lowest BCUT2D eigenvalue weighted by Crippen LogP contribution is -2.51. The second-order valence-corrected chi connectivity index (χ2v) is 7.76. The zero-order valence-corrected chi connectivity index (χ0v) is 17.6. The lowest BCUT2D eigenvalue weighted by Gasteiger charge is -2.25. The highest BCUT2D eigenvalue weighted by atomic mass is 16.3. The van der Waals surface area contributed by atoms with Crippen LogP contribution in [0.1, 0.15) is 44.6 Å². The average molecular weight is 431 g/mol. The van der Waals surface area contributed by atoms with Gasteiger partial charge in [0.1, 0.15) is 23.9 Å². The Hall–Kier alpha value is -3.23. The van der Waals surface area contributed by atoms with Crippen LogP contribution in [0.25, 0.3) is 0 Å². The minimum absolute atomic E-state index is 0.0943. The molecule has 1 aliphatic heterocycles. The second-order valence-electron chi connectivity index (χ2n) is 7.76. The lowest BCUT2D eigenvalue weighted by molar-refractivity contribution is -0.139. The molecule has 9 nitrogen and oxygen atoms in total. The van der Waals surface area contributed by atoms with Crippen LogP contribution < -0.4 is 10.6 Å². The topological polar surface area (TPSA) is 133 Å². The fourth-order valence-corrected chi connectivity index (χ4v) is 3.45. The Labute approximate surface area is 181 Å². The van der Waals surface area contributed by atoms with Crippen molar-refractivity contribution in [1.82, 2.24) is 15.5 Å². The van der Waals surface area contributed by atoms with Crippen molar-refractivity contribution in [3.63, 3.8) is 0 Å². The molecule has 2 rings (SSSR count). The van der Waals surface area contributed by atoms with Crippen molar-refractivity contribution in [3.8, 4) is 5.75 Å². The standard InChI is InChI=1S/C22H29N3O6/c1-15(27)12-17(14-26)23-21(30)13-25-11-3-2-4-19(22(25)31)24-20(29)10-7-16-5-8-18(28)9-6-16/h5-6,8-9,14,17,19,28H,2-4,7,10-13H2,1H3,(H,23,30)(H,24,29)/t17-,19?/m0/s1. The fraction of sp³-hybridized carbons (Fsp3) is 0.500. The first kappa shape index (κ1) is 24.0. The molecule has 0 aliphatic carbocycles. The van der Waals surface area contributed by atoms with Crippen molar-refractivity contribution in [2.45, 2.75) is 57.5 Å². The molecule has 1 aromatic carbocycles. The number of benzene rings is 1. The van der Waals surface area contributed by atoms with E-state index in [4.69, 9.17) is 0 Å². The van der Waals surface area contributed by atoms with Crippen molar-refractivity contribution < 1.29 is 29.1 Å². The van der Waals surface area contributed by atoms with Gasteiger partial charge in [-0.1, -0.05) is 12.1 Å². The van der Waals surface area contributed by atoms with Crippen molar-refractivity contribution in [2.24, 2.45) is 0 Å². The SMILES string of the molecule is CC(=O)C[C@@H](C=O)NC(=O)CN1CCCCC(NC(=O)CCc2ccc(O)cc2)C1=O. The molecule has 3 amide bonds. The molecule has 2 atom stereocenters. The summed E-state index contributed by atoms with van der Waals surface area (Å²) in [5, 5.41) is 14.5. The number of ketones is 1. The van der Waals surface area contributed by atoms with Crippen LogP contribution in [0.4, 0.5) is 0 Å². The molecule has 1 heterocycles. The molecule has 0 bridgehead atoms. The first-order valence-electron chi connectivity index (χ1n) is 10.4. The van der Waals surface area contributed by atoms with E-state index in [-0.39, 0.29) is 42.7 Å². The minimum Gasteiger partial charge on any atom is -0.508 e. The lowest BCUT2D eigenvalue weighted by atomic mass is 10.1. The van der Waals surface area contributed by atoms with E-state index in [1.54, 1.807) is 24.3 Å². The number of aryl methyl sites for hydroxylation is 1. The third-order valence-electron chi connectivity index (χ3n) is 5.05. The summed E-state index contributed by atoms with van der Waals surface area (Å²) in [7, 11) is 0. The molecule has 1 fully saturated rings. The van der Waals surface area contributed by atoms with E-state index in [1.165, 1.54) is 11.8 Å². The van der Waals surface area contributed by atoms with Gasteiger partial charge in [0.15, 0.2) is 0 Å². The number of hydrogen-bond donors (Lipinski definition) is 3. The third-order valence-corrected chi connectivity index (χ3v) is 5.05. The molecule has 0 radical (unpaired) electrons. The van der Waals surface area contributed by atoms with E-state index in [1.807, 2.05) is 0 Å². The highest BCUT2D eigenvalue weighted by molar-refractivity contribution is 5.91. The molecule has 3 N–H and O–H groups in total. The number of Topliss-reactive ketones (excluding diaryl/α,β-unsaturated/α-hetero) is 1. The fourth-order valence-electron chi connectivity index (χ4n) is 3.45. The largest absolute Gasteiger partial charge is 0.508 e. The number of aldehydes is 1. The molecule has 31 heavy (non-hydrogen) atoms. The van der Waals surface area contributed by atoms with E-state index in [9.17, 15) is 29.1 Å². The number of likely N-dealkylation sites (tertiary alicyclic amines) is 1. The number of phenols is 1. The van der Waals surface area contributed by atoms with E-state index >= 15 is 0 Å². The summed E-state index contributed by atoms with van der Waals surface area (Å²) in [5.74, 6) is -1.19. The van der Waals surface area contributed by atoms with Gasteiger partial charge < -0.3 is 25.4 Å². The zero-order valence-electron chi connectivity index (χ0n) is 17.6. The normalized spacial score (nSPS) is 17.4. The predicted octanol–water partition coefficient (Wildman–Crippen LogP) is 0.485. The van der Waals surface area contributed by atoms with Gasteiger partial charge in [0.05, 0.1) is 12.6 Å². The van der Waals surface area contributed by atoms with Crippen LogP contribution in [-0.4, -0.2) is 65.0 Å². The van der Waals surface area contributed by atoms with Gasteiger partial charge in [0, 0.05) is 19.4 Å². The molecule has 1 aromatic rings. The van der Waals surface area contributed by atoms with Gasteiger partial charge in [-0.05, 0) is 50.3 Å². The molecular weight excluding hydrogens is 402 g/mol. The molecule has 0 spiro atoms. The number of aromatic hydroxyl groups is 1. The summed E-state index contributed by atoms with van der Waals surface area (Å²) >= 11 is 0. The summed E-state index contributed by atoms with van der Waals surface area (Å²) in [6, 6.07) is 4.95. The van der Waals surface area contributed by atoms with Gasteiger partial charge in [-0.15, -0.1) is 0 Å². The Balaban J connectivity index is 1.88. The maximum Gasteiger partial charge on any atom is 0.245 e. The molecule has 168 valence electrons. The van der Waals surface area contributed by atoms with Crippen LogP contribution in [0, 0.1) is 0 Å². The molecule has 9 heteroatoms. The number of amides is 3. The molecule has 0 saturated carbocycles. The van der Waals surface area contributed by atoms with Gasteiger partial charge >= 0.3 is 0 Å². The maximum atomic E-state index is 12.8. The first-order chi connectivity index (χ1) is 14.8. The summed E-state index contributed by atoms with van der Waals surface area (Å²) in [4.78, 5) is 61.0. The highest BCUT2D eigenvalue weighted by Gasteiger charge is 2.29. The van der Waals surface area contributed by atoms with Crippen LogP contribution in [0.5, 0.6) is 5.75 Å². The number of carbonyl (C=O) groups excluding carboxylic acids is 5. The first-order valence-corrected chi connectivity index (χ1v) is 10.4. The van der Waals surface area contributed by atoms with Crippen molar-refractivity contribution >= 4 is 29.8 Å². The van der Waals surface area contributed by atoms with Gasteiger partial charge in [0.25, 0.3) is 0 Å². The van der Waals surface area contributed by atoms with Gasteiger partial charge in [-0.3, -0.25) is 19.2 Å². The summed E-state index contributed by atoms with van der Waals surface area (Å²) in [6.07, 6.45) is 2.99. The van der Waals surface area contributed by atoms with Crippen molar-refractivity contribution in [2.75, 3.05) is 13.1 Å². The predicted molar refractivity (Wildman–Crippen MR) is 112 cm³/mol. The maximum absolute atomic E-state index is 12.8. The quantitative estimate of drug-likeness (QED) is 0.462. The zero-order chi connectivity index (χ0) is 22.8. The smallest absolute Gasteiger partial charge is 0.245 e. The van der Waals surface area contributed by atoms with E-state index in [0.29, 0.717) is 32.1 Å². The second kappa shape index (κ2) is 11.8.